The summed E-state index contributed by atoms with van der Waals surface area (Å²) >= 11 is 1.72. The molecule has 1 saturated heterocycles. The highest BCUT2D eigenvalue weighted by Crippen LogP contribution is 2.32. The predicted molar refractivity (Wildman–Crippen MR) is 61.7 cm³/mol. The van der Waals surface area contributed by atoms with Gasteiger partial charge in [0.2, 0.25) is 5.91 Å². The lowest BCUT2D eigenvalue weighted by Crippen LogP contribution is -2.61. The lowest BCUT2D eigenvalue weighted by atomic mass is 10.0. The SMILES string of the molecule is CCCC(c1cccs1)N1CC(N)C1=O. The average molecular weight is 224 g/mol. The van der Waals surface area contributed by atoms with Crippen molar-refractivity contribution in [2.75, 3.05) is 6.54 Å². The van der Waals surface area contributed by atoms with Crippen molar-refractivity contribution in [1.82, 2.24) is 4.90 Å². The van der Waals surface area contributed by atoms with Gasteiger partial charge >= 0.3 is 0 Å². The summed E-state index contributed by atoms with van der Waals surface area (Å²) in [6.45, 7) is 2.85. The molecule has 2 N–H and O–H groups in total. The van der Waals surface area contributed by atoms with Crippen molar-refractivity contribution in [3.63, 3.8) is 0 Å². The molecule has 1 aliphatic heterocycles. The number of likely N-dealkylation sites (tertiary alicyclic amines) is 1. The van der Waals surface area contributed by atoms with Crippen LogP contribution in [0.25, 0.3) is 0 Å². The summed E-state index contributed by atoms with van der Waals surface area (Å²) in [5.74, 6) is 0.0989. The number of carbonyl (C=O) groups excluding carboxylic acids is 1. The molecule has 0 bridgehead atoms. The van der Waals surface area contributed by atoms with Crippen LogP contribution < -0.4 is 5.73 Å². The van der Waals surface area contributed by atoms with Crippen LogP contribution in [0.2, 0.25) is 0 Å². The minimum atomic E-state index is -0.260. The molecule has 2 rings (SSSR count). The van der Waals surface area contributed by atoms with Gasteiger partial charge in [-0.05, 0) is 17.9 Å². The van der Waals surface area contributed by atoms with Crippen molar-refractivity contribution in [3.05, 3.63) is 22.4 Å². The molecule has 0 aliphatic carbocycles. The fourth-order valence-electron chi connectivity index (χ4n) is 1.97. The maximum atomic E-state index is 11.6. The largest absolute Gasteiger partial charge is 0.331 e. The molecule has 0 radical (unpaired) electrons. The van der Waals surface area contributed by atoms with E-state index in [9.17, 15) is 4.79 Å². The van der Waals surface area contributed by atoms with Gasteiger partial charge in [-0.2, -0.15) is 0 Å². The molecule has 1 amide bonds. The van der Waals surface area contributed by atoms with Crippen LogP contribution >= 0.6 is 11.3 Å². The first-order valence-corrected chi connectivity index (χ1v) is 6.21. The molecule has 2 atom stereocenters. The Balaban J connectivity index is 2.11. The van der Waals surface area contributed by atoms with Crippen LogP contribution in [0.5, 0.6) is 0 Å². The molecular weight excluding hydrogens is 208 g/mol. The van der Waals surface area contributed by atoms with Gasteiger partial charge in [0.15, 0.2) is 0 Å². The van der Waals surface area contributed by atoms with Crippen molar-refractivity contribution in [3.8, 4) is 0 Å². The molecule has 3 nitrogen and oxygen atoms in total. The number of hydrogen-bond donors (Lipinski definition) is 1. The number of rotatable bonds is 4. The van der Waals surface area contributed by atoms with Gasteiger partial charge in [0.05, 0.1) is 6.04 Å². The Morgan fingerprint density at radius 1 is 1.73 bits per heavy atom. The molecule has 2 unspecified atom stereocenters. The van der Waals surface area contributed by atoms with Gasteiger partial charge in [0, 0.05) is 11.4 Å². The number of nitrogens with two attached hydrogens (primary N) is 1. The topological polar surface area (TPSA) is 46.3 Å². The lowest BCUT2D eigenvalue weighted by Gasteiger charge is -2.41. The first kappa shape index (κ1) is 10.6. The predicted octanol–water partition coefficient (Wildman–Crippen LogP) is 1.76. The van der Waals surface area contributed by atoms with Gasteiger partial charge in [0.25, 0.3) is 0 Å². The van der Waals surface area contributed by atoms with E-state index in [4.69, 9.17) is 5.73 Å². The molecular formula is C11H16N2OS. The van der Waals surface area contributed by atoms with Crippen molar-refractivity contribution in [2.45, 2.75) is 31.8 Å². The van der Waals surface area contributed by atoms with E-state index in [1.807, 2.05) is 11.0 Å². The smallest absolute Gasteiger partial charge is 0.241 e. The highest BCUT2D eigenvalue weighted by Gasteiger charge is 2.38. The van der Waals surface area contributed by atoms with E-state index in [1.54, 1.807) is 11.3 Å². The Kier molecular flexibility index (Phi) is 3.07. The molecule has 0 saturated carbocycles. The minimum Gasteiger partial charge on any atom is -0.331 e. The van der Waals surface area contributed by atoms with Crippen LogP contribution in [0.4, 0.5) is 0 Å². The Morgan fingerprint density at radius 2 is 2.53 bits per heavy atom. The van der Waals surface area contributed by atoms with Crippen molar-refractivity contribution in [2.24, 2.45) is 5.73 Å². The van der Waals surface area contributed by atoms with E-state index < -0.39 is 0 Å². The Hall–Kier alpha value is -0.870. The van der Waals surface area contributed by atoms with Gasteiger partial charge in [-0.25, -0.2) is 0 Å². The zero-order chi connectivity index (χ0) is 10.8. The van der Waals surface area contributed by atoms with Gasteiger partial charge in [0.1, 0.15) is 6.04 Å². The lowest BCUT2D eigenvalue weighted by molar-refractivity contribution is -0.146. The zero-order valence-corrected chi connectivity index (χ0v) is 9.67. The minimum absolute atomic E-state index is 0.0989. The van der Waals surface area contributed by atoms with E-state index in [1.165, 1.54) is 4.88 Å². The number of β-lactam (4-membered cyclic amide) rings is 1. The monoisotopic (exact) mass is 224 g/mol. The van der Waals surface area contributed by atoms with E-state index >= 15 is 0 Å². The number of nitrogens with zero attached hydrogens (tertiary/aromatic N) is 1. The van der Waals surface area contributed by atoms with Crippen LogP contribution in [0.3, 0.4) is 0 Å². The summed E-state index contributed by atoms with van der Waals surface area (Å²) in [5, 5.41) is 2.06. The van der Waals surface area contributed by atoms with Crippen molar-refractivity contribution >= 4 is 17.2 Å². The summed E-state index contributed by atoms with van der Waals surface area (Å²) < 4.78 is 0. The molecule has 0 aromatic carbocycles. The second-order valence-corrected chi connectivity index (χ2v) is 4.90. The van der Waals surface area contributed by atoms with Crippen LogP contribution in [0.1, 0.15) is 30.7 Å². The van der Waals surface area contributed by atoms with Crippen molar-refractivity contribution in [1.29, 1.82) is 0 Å². The molecule has 1 fully saturated rings. The Morgan fingerprint density at radius 3 is 3.00 bits per heavy atom. The summed E-state index contributed by atoms with van der Waals surface area (Å²) in [6, 6.07) is 4.13. The van der Waals surface area contributed by atoms with E-state index in [0.717, 1.165) is 12.8 Å². The normalized spacial score (nSPS) is 22.7. The quantitative estimate of drug-likeness (QED) is 0.792. The third-order valence-corrected chi connectivity index (χ3v) is 3.78. The Labute approximate surface area is 93.9 Å². The van der Waals surface area contributed by atoms with Crippen LogP contribution in [-0.2, 0) is 4.79 Å². The van der Waals surface area contributed by atoms with Crippen LogP contribution in [0.15, 0.2) is 17.5 Å². The first-order valence-electron chi connectivity index (χ1n) is 5.33. The third-order valence-electron chi connectivity index (χ3n) is 2.80. The maximum absolute atomic E-state index is 11.6. The number of thiophene rings is 1. The van der Waals surface area contributed by atoms with E-state index in [-0.39, 0.29) is 18.0 Å². The van der Waals surface area contributed by atoms with E-state index in [2.05, 4.69) is 18.4 Å². The highest BCUT2D eigenvalue weighted by molar-refractivity contribution is 7.10. The highest BCUT2D eigenvalue weighted by atomic mass is 32.1. The summed E-state index contributed by atoms with van der Waals surface area (Å²) in [5.41, 5.74) is 5.61. The summed E-state index contributed by atoms with van der Waals surface area (Å²) in [4.78, 5) is 14.8. The number of carbonyl (C=O) groups is 1. The average Bonchev–Trinajstić information content (AvgIpc) is 2.76. The second kappa shape index (κ2) is 4.33. The molecule has 15 heavy (non-hydrogen) atoms. The fraction of sp³-hybridized carbons (Fsp3) is 0.545. The molecule has 1 aromatic rings. The molecule has 1 aromatic heterocycles. The summed E-state index contributed by atoms with van der Waals surface area (Å²) in [6.07, 6.45) is 2.11. The molecule has 0 spiro atoms. The number of hydrogen-bond acceptors (Lipinski definition) is 3. The molecule has 82 valence electrons. The molecule has 1 aliphatic rings. The maximum Gasteiger partial charge on any atom is 0.241 e. The van der Waals surface area contributed by atoms with Gasteiger partial charge in [-0.15, -0.1) is 11.3 Å². The fourth-order valence-corrected chi connectivity index (χ4v) is 2.84. The standard InChI is InChI=1S/C11H16N2OS/c1-2-4-9(10-5-3-6-15-10)13-7-8(12)11(13)14/h3,5-6,8-9H,2,4,7,12H2,1H3. The third kappa shape index (κ3) is 1.92. The van der Waals surface area contributed by atoms with Gasteiger partial charge < -0.3 is 10.6 Å². The van der Waals surface area contributed by atoms with E-state index in [0.29, 0.717) is 6.54 Å². The summed E-state index contributed by atoms with van der Waals surface area (Å²) in [7, 11) is 0. The van der Waals surface area contributed by atoms with Crippen LogP contribution in [-0.4, -0.2) is 23.4 Å². The Bertz CT molecular complexity index is 336. The number of amides is 1. The van der Waals surface area contributed by atoms with Gasteiger partial charge in [-0.3, -0.25) is 4.79 Å². The van der Waals surface area contributed by atoms with Crippen LogP contribution in [0, 0.1) is 0 Å². The molecule has 2 heterocycles. The second-order valence-electron chi connectivity index (χ2n) is 3.92. The van der Waals surface area contributed by atoms with Crippen molar-refractivity contribution < 1.29 is 4.79 Å². The zero-order valence-electron chi connectivity index (χ0n) is 8.85. The van der Waals surface area contributed by atoms with Gasteiger partial charge in [-0.1, -0.05) is 19.4 Å². The first-order chi connectivity index (χ1) is 7.24. The molecule has 4 heteroatoms.